The summed E-state index contributed by atoms with van der Waals surface area (Å²) in [5, 5.41) is 4.01. The highest BCUT2D eigenvalue weighted by molar-refractivity contribution is 6.09. The lowest BCUT2D eigenvalue weighted by Gasteiger charge is -2.28. The maximum atomic E-state index is 14.5. The maximum absolute atomic E-state index is 14.5. The van der Waals surface area contributed by atoms with E-state index < -0.39 is 0 Å². The van der Waals surface area contributed by atoms with Gasteiger partial charge < -0.3 is 15.0 Å². The lowest BCUT2D eigenvalue weighted by atomic mass is 9.92. The van der Waals surface area contributed by atoms with Crippen molar-refractivity contribution in [3.05, 3.63) is 112 Å². The fourth-order valence-electron chi connectivity index (χ4n) is 5.93. The molecule has 5 rings (SSSR count). The van der Waals surface area contributed by atoms with E-state index >= 15 is 0 Å². The molecule has 2 amide bonds. The number of carbonyl (C=O) groups is 1. The number of hydrogen-bond acceptors (Lipinski definition) is 5. The van der Waals surface area contributed by atoms with Crippen molar-refractivity contribution < 1.29 is 9.53 Å². The van der Waals surface area contributed by atoms with Gasteiger partial charge in [0.15, 0.2) is 0 Å². The lowest BCUT2D eigenvalue weighted by Crippen LogP contribution is -2.40. The molecule has 0 spiro atoms. The van der Waals surface area contributed by atoms with Crippen LogP contribution >= 0.6 is 0 Å². The van der Waals surface area contributed by atoms with Crippen LogP contribution in [0.2, 0.25) is 0 Å². The molecule has 0 bridgehead atoms. The number of para-hydroxylation sites is 1. The number of urea groups is 1. The highest BCUT2D eigenvalue weighted by Crippen LogP contribution is 2.37. The van der Waals surface area contributed by atoms with Crippen molar-refractivity contribution in [1.82, 2.24) is 15.0 Å². The molecule has 244 valence electrons. The molecule has 3 heterocycles. The number of anilines is 2. The molecule has 0 saturated heterocycles. The number of nitrogens with zero attached hydrogens (tertiary/aromatic N) is 3. The average Bonchev–Trinajstić information content (AvgIpc) is 3.07. The molecule has 47 heavy (non-hydrogen) atoms. The molecule has 0 fully saturated rings. The van der Waals surface area contributed by atoms with E-state index in [0.717, 1.165) is 59.0 Å². The normalized spacial score (nSPS) is 11.3. The summed E-state index contributed by atoms with van der Waals surface area (Å²) in [6.07, 6.45) is 8.93. The number of benzene rings is 2. The number of hydrogen-bond donors (Lipinski definition) is 2. The van der Waals surface area contributed by atoms with Gasteiger partial charge >= 0.3 is 6.03 Å². The summed E-state index contributed by atoms with van der Waals surface area (Å²) in [6.45, 7) is 11.4. The molecule has 0 unspecified atom stereocenters. The molecule has 2 aromatic carbocycles. The second-order valence-electron chi connectivity index (χ2n) is 12.5. The number of amides is 2. The predicted octanol–water partition coefficient (Wildman–Crippen LogP) is 9.43. The van der Waals surface area contributed by atoms with Gasteiger partial charge in [-0.25, -0.2) is 9.78 Å². The van der Waals surface area contributed by atoms with Crippen LogP contribution < -0.4 is 20.5 Å². The number of fused-ring (bicyclic) bond motifs is 1. The number of ether oxygens (including phenoxy) is 1. The van der Waals surface area contributed by atoms with Crippen molar-refractivity contribution >= 4 is 28.4 Å². The van der Waals surface area contributed by atoms with Crippen molar-refractivity contribution in [1.29, 1.82) is 0 Å². The standard InChI is InChI=1S/C39H45N5O3/c1-6-7-8-9-23-44(39(46)42-35-31(26(2)3)15-11-16-32(35)27(4)5)36-34(33-17-12-20-41-37(33)43-38(36)45)29-13-10-14-30(24-29)47-25-28-18-21-40-22-19-28/h10-22,24,26-27H,6-9,23,25H2,1-5H3,(H,42,46)(H,41,43,45). The van der Waals surface area contributed by atoms with E-state index in [9.17, 15) is 9.59 Å². The first kappa shape index (κ1) is 33.4. The van der Waals surface area contributed by atoms with Crippen molar-refractivity contribution in [3.8, 4) is 16.9 Å². The molecule has 0 aliphatic heterocycles. The Kier molecular flexibility index (Phi) is 11.0. The van der Waals surface area contributed by atoms with E-state index in [0.29, 0.717) is 35.8 Å². The molecule has 0 saturated carbocycles. The first-order valence-corrected chi connectivity index (χ1v) is 16.6. The molecule has 8 nitrogen and oxygen atoms in total. The Balaban J connectivity index is 1.63. The highest BCUT2D eigenvalue weighted by Gasteiger charge is 2.27. The fraction of sp³-hybridized carbons (Fsp3) is 0.333. The summed E-state index contributed by atoms with van der Waals surface area (Å²) in [7, 11) is 0. The summed E-state index contributed by atoms with van der Waals surface area (Å²) < 4.78 is 6.16. The maximum Gasteiger partial charge on any atom is 0.326 e. The second kappa shape index (κ2) is 15.5. The van der Waals surface area contributed by atoms with E-state index in [4.69, 9.17) is 4.74 Å². The third-order valence-electron chi connectivity index (χ3n) is 8.39. The molecule has 2 N–H and O–H groups in total. The Labute approximate surface area is 277 Å². The number of aromatic amines is 1. The zero-order valence-electron chi connectivity index (χ0n) is 28.0. The minimum atomic E-state index is -0.374. The van der Waals surface area contributed by atoms with Crippen LogP contribution in [-0.4, -0.2) is 27.5 Å². The molecule has 3 aromatic heterocycles. The van der Waals surface area contributed by atoms with E-state index in [-0.39, 0.29) is 23.4 Å². The average molecular weight is 632 g/mol. The smallest absolute Gasteiger partial charge is 0.326 e. The highest BCUT2D eigenvalue weighted by atomic mass is 16.5. The van der Waals surface area contributed by atoms with Gasteiger partial charge in [-0.3, -0.25) is 14.7 Å². The van der Waals surface area contributed by atoms with Gasteiger partial charge in [0.05, 0.1) is 0 Å². The summed E-state index contributed by atoms with van der Waals surface area (Å²) >= 11 is 0. The summed E-state index contributed by atoms with van der Waals surface area (Å²) in [6, 6.07) is 21.1. The van der Waals surface area contributed by atoms with Gasteiger partial charge in [-0.1, -0.05) is 84.2 Å². The van der Waals surface area contributed by atoms with Crippen LogP contribution in [0, 0.1) is 0 Å². The predicted molar refractivity (Wildman–Crippen MR) is 191 cm³/mol. The molecular weight excluding hydrogens is 586 g/mol. The first-order valence-electron chi connectivity index (χ1n) is 16.6. The molecule has 5 aromatic rings. The van der Waals surface area contributed by atoms with Crippen LogP contribution in [-0.2, 0) is 6.61 Å². The Morgan fingerprint density at radius 3 is 2.32 bits per heavy atom. The Morgan fingerprint density at radius 1 is 0.894 bits per heavy atom. The van der Waals surface area contributed by atoms with Crippen LogP contribution in [0.25, 0.3) is 22.2 Å². The van der Waals surface area contributed by atoms with E-state index in [1.807, 2.05) is 54.6 Å². The monoisotopic (exact) mass is 631 g/mol. The molecule has 0 aliphatic carbocycles. The van der Waals surface area contributed by atoms with E-state index in [2.05, 4.69) is 67.0 Å². The number of unbranched alkanes of at least 4 members (excludes halogenated alkanes) is 3. The van der Waals surface area contributed by atoms with Gasteiger partial charge in [-0.05, 0) is 76.9 Å². The second-order valence-corrected chi connectivity index (χ2v) is 12.5. The van der Waals surface area contributed by atoms with Gasteiger partial charge in [0.2, 0.25) is 0 Å². The first-order chi connectivity index (χ1) is 22.8. The van der Waals surface area contributed by atoms with Crippen LogP contribution in [0.3, 0.4) is 0 Å². The number of aromatic nitrogens is 3. The van der Waals surface area contributed by atoms with Crippen molar-refractivity contribution in [3.63, 3.8) is 0 Å². The van der Waals surface area contributed by atoms with Gasteiger partial charge in [-0.2, -0.15) is 0 Å². The number of carbonyl (C=O) groups excluding carboxylic acids is 1. The molecular formula is C39H45N5O3. The topological polar surface area (TPSA) is 100 Å². The minimum Gasteiger partial charge on any atom is -0.489 e. The third-order valence-corrected chi connectivity index (χ3v) is 8.39. The van der Waals surface area contributed by atoms with Gasteiger partial charge in [-0.15, -0.1) is 0 Å². The fourth-order valence-corrected chi connectivity index (χ4v) is 5.93. The SMILES string of the molecule is CCCCCCN(C(=O)Nc1c(C(C)C)cccc1C(C)C)c1c(-c2cccc(OCc3ccncc3)c2)c2cccnc2[nH]c1=O. The van der Waals surface area contributed by atoms with Crippen LogP contribution in [0.4, 0.5) is 16.2 Å². The molecule has 0 aliphatic rings. The Morgan fingerprint density at radius 2 is 1.62 bits per heavy atom. The molecule has 8 heteroatoms. The number of rotatable bonds is 13. The zero-order valence-corrected chi connectivity index (χ0v) is 28.0. The van der Waals surface area contributed by atoms with Gasteiger partial charge in [0.1, 0.15) is 23.7 Å². The summed E-state index contributed by atoms with van der Waals surface area (Å²) in [5.74, 6) is 1.04. The van der Waals surface area contributed by atoms with Crippen molar-refractivity contribution in [2.24, 2.45) is 0 Å². The van der Waals surface area contributed by atoms with E-state index in [1.54, 1.807) is 23.5 Å². The van der Waals surface area contributed by atoms with Crippen molar-refractivity contribution in [2.45, 2.75) is 78.7 Å². The Bertz CT molecular complexity index is 1840. The molecule has 0 radical (unpaired) electrons. The summed E-state index contributed by atoms with van der Waals surface area (Å²) in [4.78, 5) is 41.8. The molecule has 0 atom stereocenters. The lowest BCUT2D eigenvalue weighted by molar-refractivity contribution is 0.256. The zero-order chi connectivity index (χ0) is 33.3. The van der Waals surface area contributed by atoms with Gasteiger partial charge in [0.25, 0.3) is 5.56 Å². The van der Waals surface area contributed by atoms with Crippen LogP contribution in [0.1, 0.15) is 88.8 Å². The van der Waals surface area contributed by atoms with Crippen LogP contribution in [0.15, 0.2) is 90.1 Å². The quantitative estimate of drug-likeness (QED) is 0.126. The number of pyridine rings is 3. The summed E-state index contributed by atoms with van der Waals surface area (Å²) in [5.41, 5.74) is 5.70. The Hall–Kier alpha value is -4.98. The van der Waals surface area contributed by atoms with Gasteiger partial charge in [0, 0.05) is 41.8 Å². The minimum absolute atomic E-state index is 0.197. The third kappa shape index (κ3) is 7.88. The largest absolute Gasteiger partial charge is 0.489 e. The van der Waals surface area contributed by atoms with E-state index in [1.165, 1.54) is 0 Å². The van der Waals surface area contributed by atoms with Crippen LogP contribution in [0.5, 0.6) is 5.75 Å². The number of nitrogens with one attached hydrogen (secondary N) is 2. The van der Waals surface area contributed by atoms with Crippen molar-refractivity contribution in [2.75, 3.05) is 16.8 Å². The number of H-pyrrole nitrogens is 1.